The van der Waals surface area contributed by atoms with Gasteiger partial charge in [-0.1, -0.05) is 11.6 Å². The Morgan fingerprint density at radius 1 is 1.10 bits per heavy atom. The lowest BCUT2D eigenvalue weighted by Gasteiger charge is -2.39. The van der Waals surface area contributed by atoms with E-state index in [0.717, 1.165) is 22.7 Å². The smallest absolute Gasteiger partial charge is 0.416 e. The number of nitrogens with zero attached hydrogens (tertiary/aromatic N) is 8. The number of nitrogens with one attached hydrogen (secondary N) is 1. The van der Waals surface area contributed by atoms with Gasteiger partial charge in [-0.3, -0.25) is 14.4 Å². The van der Waals surface area contributed by atoms with Gasteiger partial charge in [0.05, 0.1) is 35.3 Å². The highest BCUT2D eigenvalue weighted by Gasteiger charge is 2.46. The van der Waals surface area contributed by atoms with Gasteiger partial charge in [0, 0.05) is 29.8 Å². The van der Waals surface area contributed by atoms with Crippen molar-refractivity contribution in [2.75, 3.05) is 25.5 Å². The van der Waals surface area contributed by atoms with Crippen LogP contribution in [0, 0.1) is 6.92 Å². The number of likely N-dealkylation sites (tertiary alicyclic amines) is 1. The van der Waals surface area contributed by atoms with E-state index in [9.17, 15) is 32.7 Å². The number of aryl methyl sites for hydroxylation is 1. The number of piperidine rings is 1. The summed E-state index contributed by atoms with van der Waals surface area (Å²) < 4.78 is 47.5. The molecule has 51 heavy (non-hydrogen) atoms. The molecular formula is C33H29ClF3N9O5. The first kappa shape index (κ1) is 33.9. The Bertz CT molecular complexity index is 2270. The van der Waals surface area contributed by atoms with Crippen LogP contribution in [0.1, 0.15) is 52.3 Å². The van der Waals surface area contributed by atoms with Crippen LogP contribution in [-0.4, -0.2) is 76.1 Å². The van der Waals surface area contributed by atoms with Crippen LogP contribution in [-0.2, 0) is 29.4 Å². The summed E-state index contributed by atoms with van der Waals surface area (Å²) in [6.45, 7) is 1.73. The minimum Gasteiger partial charge on any atom is -0.504 e. The summed E-state index contributed by atoms with van der Waals surface area (Å²) in [6, 6.07) is 5.91. The van der Waals surface area contributed by atoms with Crippen LogP contribution in [0.5, 0.6) is 11.5 Å². The van der Waals surface area contributed by atoms with Crippen molar-refractivity contribution >= 4 is 34.9 Å². The molecular weight excluding hydrogens is 695 g/mol. The molecule has 7 rings (SSSR count). The van der Waals surface area contributed by atoms with Gasteiger partial charge < -0.3 is 24.6 Å². The highest BCUT2D eigenvalue weighted by Crippen LogP contribution is 2.45. The van der Waals surface area contributed by atoms with Crippen LogP contribution in [0.4, 0.5) is 18.9 Å². The molecule has 5 heterocycles. The van der Waals surface area contributed by atoms with Gasteiger partial charge in [-0.2, -0.15) is 22.7 Å². The first-order valence-electron chi connectivity index (χ1n) is 15.8. The van der Waals surface area contributed by atoms with Crippen LogP contribution >= 0.6 is 11.6 Å². The van der Waals surface area contributed by atoms with Crippen molar-refractivity contribution in [2.45, 2.75) is 50.7 Å². The fraction of sp³-hybridized carbons (Fsp3) is 0.333. The van der Waals surface area contributed by atoms with Crippen molar-refractivity contribution in [3.63, 3.8) is 0 Å². The first-order valence-corrected chi connectivity index (χ1v) is 16.2. The molecule has 1 aromatic carbocycles. The quantitative estimate of drug-likeness (QED) is 0.259. The number of aromatic nitrogens is 7. The van der Waals surface area contributed by atoms with Gasteiger partial charge >= 0.3 is 6.18 Å². The predicted octanol–water partition coefficient (Wildman–Crippen LogP) is 4.20. The average Bonchev–Trinajstić information content (AvgIpc) is 3.72. The molecule has 1 fully saturated rings. The van der Waals surface area contributed by atoms with Crippen LogP contribution in [0.15, 0.2) is 47.7 Å². The topological polar surface area (TPSA) is 170 Å². The number of carbonyl (C=O) groups excluding carboxylic acids is 2. The molecule has 264 valence electrons. The molecule has 0 atom stereocenters. The standard InChI is InChI=1S/C33H29ClF3N9O5/c1-17-27(48)26(40-16-39-17)30(50)44-11-9-32(10-12-44)8-7-23-25(32)29(49)46-31(42-28(43-46)22-6-4-19(51-2)14-38-22)45(23)15-24(47)41-21-5-3-18(13-20(21)34)33(35,36)37/h3-6,13-14,16,48H,7-12,15H2,1-2H3,(H,41,47). The van der Waals surface area contributed by atoms with Gasteiger partial charge in [0.25, 0.3) is 11.5 Å². The van der Waals surface area contributed by atoms with Crippen LogP contribution < -0.4 is 15.6 Å². The third-order valence-corrected chi connectivity index (χ3v) is 9.82. The van der Waals surface area contributed by atoms with E-state index in [1.54, 1.807) is 28.5 Å². The van der Waals surface area contributed by atoms with E-state index in [1.165, 1.54) is 19.6 Å². The lowest BCUT2D eigenvalue weighted by atomic mass is 9.74. The zero-order valence-electron chi connectivity index (χ0n) is 27.2. The number of rotatable bonds is 6. The lowest BCUT2D eigenvalue weighted by molar-refractivity contribution is -0.137. The zero-order valence-corrected chi connectivity index (χ0v) is 27.9. The van der Waals surface area contributed by atoms with E-state index in [1.807, 2.05) is 0 Å². The molecule has 2 aliphatic rings. The summed E-state index contributed by atoms with van der Waals surface area (Å²) in [5.74, 6) is -0.685. The normalized spacial score (nSPS) is 15.3. The SMILES string of the molecule is COc1ccc(-c2nc3n(CC(=O)Nc4ccc(C(F)(F)F)cc4Cl)c4c(c(=O)n3n2)C2(CC4)CCN(C(=O)c3ncnc(C)c3O)CC2)nc1. The fourth-order valence-corrected chi connectivity index (χ4v) is 7.05. The predicted molar refractivity (Wildman–Crippen MR) is 176 cm³/mol. The Labute approximate surface area is 291 Å². The number of anilines is 1. The van der Waals surface area contributed by atoms with E-state index in [4.69, 9.17) is 16.3 Å². The number of fused-ring (bicyclic) bond motifs is 3. The molecule has 0 saturated carbocycles. The highest BCUT2D eigenvalue weighted by atomic mass is 35.5. The number of ether oxygens (including phenoxy) is 1. The number of aromatic hydroxyl groups is 1. The van der Waals surface area contributed by atoms with E-state index in [-0.39, 0.29) is 59.1 Å². The maximum absolute atomic E-state index is 14.3. The van der Waals surface area contributed by atoms with Gasteiger partial charge in [-0.05, 0) is 62.9 Å². The van der Waals surface area contributed by atoms with Gasteiger partial charge in [-0.15, -0.1) is 5.10 Å². The third kappa shape index (κ3) is 6.00. The Kier molecular flexibility index (Phi) is 8.40. The van der Waals surface area contributed by atoms with E-state index in [2.05, 4.69) is 30.4 Å². The zero-order chi connectivity index (χ0) is 36.2. The van der Waals surface area contributed by atoms with Crippen LogP contribution in [0.25, 0.3) is 17.3 Å². The molecule has 1 saturated heterocycles. The van der Waals surface area contributed by atoms with E-state index >= 15 is 0 Å². The Morgan fingerprint density at radius 2 is 1.86 bits per heavy atom. The second kappa shape index (κ2) is 12.6. The number of hydrogen-bond acceptors (Lipinski definition) is 10. The maximum atomic E-state index is 14.3. The Balaban J connectivity index is 1.25. The molecule has 2 amide bonds. The lowest BCUT2D eigenvalue weighted by Crippen LogP contribution is -2.46. The van der Waals surface area contributed by atoms with Crippen LogP contribution in [0.3, 0.4) is 0 Å². The maximum Gasteiger partial charge on any atom is 0.416 e. The summed E-state index contributed by atoms with van der Waals surface area (Å²) in [5.41, 5.74) is -0.544. The highest BCUT2D eigenvalue weighted by molar-refractivity contribution is 6.33. The number of methoxy groups -OCH3 is 1. The first-order chi connectivity index (χ1) is 24.3. The van der Waals surface area contributed by atoms with E-state index < -0.39 is 34.5 Å². The molecule has 5 aromatic rings. The van der Waals surface area contributed by atoms with Crippen molar-refractivity contribution in [1.82, 2.24) is 39.0 Å². The monoisotopic (exact) mass is 723 g/mol. The molecule has 1 aliphatic carbocycles. The summed E-state index contributed by atoms with van der Waals surface area (Å²) >= 11 is 6.12. The Hall–Kier alpha value is -5.58. The third-order valence-electron chi connectivity index (χ3n) is 9.51. The molecule has 2 N–H and O–H groups in total. The second-order valence-corrected chi connectivity index (χ2v) is 12.8. The Morgan fingerprint density at radius 3 is 2.53 bits per heavy atom. The molecule has 4 aromatic heterocycles. The number of halogens is 4. The average molecular weight is 724 g/mol. The summed E-state index contributed by atoms with van der Waals surface area (Å²) in [5, 5.41) is 17.2. The van der Waals surface area contributed by atoms with Crippen molar-refractivity contribution < 1.29 is 32.6 Å². The number of alkyl halides is 3. The van der Waals surface area contributed by atoms with Crippen LogP contribution in [0.2, 0.25) is 5.02 Å². The minimum atomic E-state index is -4.62. The molecule has 0 bridgehead atoms. The molecule has 14 nitrogen and oxygen atoms in total. The second-order valence-electron chi connectivity index (χ2n) is 12.4. The van der Waals surface area contributed by atoms with Crippen molar-refractivity contribution in [2.24, 2.45) is 0 Å². The van der Waals surface area contributed by atoms with Gasteiger partial charge in [0.2, 0.25) is 17.5 Å². The molecule has 1 spiro atoms. The van der Waals surface area contributed by atoms with Gasteiger partial charge in [-0.25, -0.2) is 15.0 Å². The van der Waals surface area contributed by atoms with Crippen molar-refractivity contribution in [1.29, 1.82) is 0 Å². The van der Waals surface area contributed by atoms with Crippen molar-refractivity contribution in [3.05, 3.63) is 86.4 Å². The van der Waals surface area contributed by atoms with Gasteiger partial charge in [0.1, 0.15) is 24.3 Å². The fourth-order valence-electron chi connectivity index (χ4n) is 6.82. The summed E-state index contributed by atoms with van der Waals surface area (Å²) in [7, 11) is 1.49. The number of hydrogen-bond donors (Lipinski definition) is 2. The number of carbonyl (C=O) groups is 2. The number of pyridine rings is 1. The summed E-state index contributed by atoms with van der Waals surface area (Å²) in [4.78, 5) is 59.6. The minimum absolute atomic E-state index is 0.0219. The molecule has 0 radical (unpaired) electrons. The van der Waals surface area contributed by atoms with E-state index in [0.29, 0.717) is 48.4 Å². The molecule has 18 heteroatoms. The molecule has 1 aliphatic heterocycles. The summed E-state index contributed by atoms with van der Waals surface area (Å²) in [6.07, 6.45) is -0.166. The van der Waals surface area contributed by atoms with Gasteiger partial charge in [0.15, 0.2) is 11.4 Å². The van der Waals surface area contributed by atoms with Crippen molar-refractivity contribution in [3.8, 4) is 23.0 Å². The number of benzene rings is 1. The number of amides is 2. The largest absolute Gasteiger partial charge is 0.504 e. The molecule has 0 unspecified atom stereocenters.